The second-order valence-electron chi connectivity index (χ2n) is 6.18. The third-order valence-corrected chi connectivity index (χ3v) is 5.33. The van der Waals surface area contributed by atoms with Gasteiger partial charge in [-0.2, -0.15) is 0 Å². The van der Waals surface area contributed by atoms with E-state index in [1.165, 1.54) is 0 Å². The van der Waals surface area contributed by atoms with Crippen molar-refractivity contribution in [3.8, 4) is 11.5 Å². The second kappa shape index (κ2) is 8.85. The first-order valence-corrected chi connectivity index (χ1v) is 10.0. The number of hydrogen-bond donors (Lipinski definition) is 0. The van der Waals surface area contributed by atoms with Crippen LogP contribution in [0.3, 0.4) is 0 Å². The number of piperazine rings is 1. The smallest absolute Gasteiger partial charge is 0.254 e. The van der Waals surface area contributed by atoms with E-state index >= 15 is 0 Å². The van der Waals surface area contributed by atoms with Crippen molar-refractivity contribution in [1.82, 2.24) is 4.90 Å². The van der Waals surface area contributed by atoms with E-state index in [4.69, 9.17) is 21.1 Å². The summed E-state index contributed by atoms with van der Waals surface area (Å²) in [7, 11) is 1.57. The summed E-state index contributed by atoms with van der Waals surface area (Å²) in [6, 6.07) is 11.3. The lowest BCUT2D eigenvalue weighted by molar-refractivity contribution is 0.0746. The Balaban J connectivity index is 1.71. The Morgan fingerprint density at radius 3 is 2.56 bits per heavy atom. The standard InChI is InChI=1S/C20H22BrClN2O3/c1-3-27-19-17(21)11-14(12-18(19)26-2)20(25)24-9-7-23(8-10-24)16-6-4-5-15(22)13-16/h4-6,11-13H,3,7-10H2,1-2H3. The van der Waals surface area contributed by atoms with Gasteiger partial charge in [-0.25, -0.2) is 0 Å². The molecule has 0 spiro atoms. The van der Waals surface area contributed by atoms with Crippen LogP contribution in [0.2, 0.25) is 5.02 Å². The quantitative estimate of drug-likeness (QED) is 0.670. The molecule has 2 aromatic rings. The molecule has 0 unspecified atom stereocenters. The van der Waals surface area contributed by atoms with E-state index in [9.17, 15) is 4.79 Å². The zero-order chi connectivity index (χ0) is 19.4. The van der Waals surface area contributed by atoms with Gasteiger partial charge in [-0.3, -0.25) is 4.79 Å². The van der Waals surface area contributed by atoms with Gasteiger partial charge in [0.1, 0.15) is 0 Å². The van der Waals surface area contributed by atoms with Gasteiger partial charge in [-0.15, -0.1) is 0 Å². The number of carbonyl (C=O) groups excluding carboxylic acids is 1. The highest BCUT2D eigenvalue weighted by atomic mass is 79.9. The fraction of sp³-hybridized carbons (Fsp3) is 0.350. The van der Waals surface area contributed by atoms with E-state index < -0.39 is 0 Å². The van der Waals surface area contributed by atoms with Crippen molar-refractivity contribution in [2.24, 2.45) is 0 Å². The summed E-state index contributed by atoms with van der Waals surface area (Å²) in [5.41, 5.74) is 1.67. The minimum atomic E-state index is -0.0113. The molecule has 2 aromatic carbocycles. The van der Waals surface area contributed by atoms with E-state index in [1.54, 1.807) is 19.2 Å². The summed E-state index contributed by atoms with van der Waals surface area (Å²) in [5.74, 6) is 1.15. The molecular weight excluding hydrogens is 432 g/mol. The van der Waals surface area contributed by atoms with E-state index in [0.717, 1.165) is 23.8 Å². The van der Waals surface area contributed by atoms with Gasteiger partial charge in [-0.05, 0) is 53.2 Å². The Morgan fingerprint density at radius 2 is 1.93 bits per heavy atom. The molecule has 0 radical (unpaired) electrons. The fourth-order valence-corrected chi connectivity index (χ4v) is 3.89. The minimum absolute atomic E-state index is 0.0113. The molecular formula is C20H22BrClN2O3. The summed E-state index contributed by atoms with van der Waals surface area (Å²) >= 11 is 9.57. The number of nitrogens with zero attached hydrogens (tertiary/aromatic N) is 2. The van der Waals surface area contributed by atoms with Gasteiger partial charge in [0.05, 0.1) is 18.2 Å². The van der Waals surface area contributed by atoms with Crippen LogP contribution in [0.15, 0.2) is 40.9 Å². The largest absolute Gasteiger partial charge is 0.493 e. The predicted molar refractivity (Wildman–Crippen MR) is 111 cm³/mol. The van der Waals surface area contributed by atoms with Crippen molar-refractivity contribution in [2.45, 2.75) is 6.92 Å². The summed E-state index contributed by atoms with van der Waals surface area (Å²) < 4.78 is 11.7. The number of benzene rings is 2. The van der Waals surface area contributed by atoms with Crippen LogP contribution in [-0.4, -0.2) is 50.7 Å². The Hall–Kier alpha value is -1.92. The molecule has 27 heavy (non-hydrogen) atoms. The highest BCUT2D eigenvalue weighted by molar-refractivity contribution is 9.10. The average molecular weight is 454 g/mol. The fourth-order valence-electron chi connectivity index (χ4n) is 3.15. The van der Waals surface area contributed by atoms with Crippen LogP contribution in [-0.2, 0) is 0 Å². The van der Waals surface area contributed by atoms with Crippen molar-refractivity contribution in [2.75, 3.05) is 44.8 Å². The predicted octanol–water partition coefficient (Wildman–Crippen LogP) is 4.47. The van der Waals surface area contributed by atoms with Gasteiger partial charge >= 0.3 is 0 Å². The molecule has 144 valence electrons. The second-order valence-corrected chi connectivity index (χ2v) is 7.47. The summed E-state index contributed by atoms with van der Waals surface area (Å²) in [6.45, 7) is 5.26. The molecule has 1 saturated heterocycles. The SMILES string of the molecule is CCOc1c(Br)cc(C(=O)N2CCN(c3cccc(Cl)c3)CC2)cc1OC. The molecule has 1 heterocycles. The lowest BCUT2D eigenvalue weighted by Gasteiger charge is -2.36. The number of methoxy groups -OCH3 is 1. The molecule has 1 aliphatic rings. The van der Waals surface area contributed by atoms with Crippen molar-refractivity contribution in [1.29, 1.82) is 0 Å². The van der Waals surface area contributed by atoms with Crippen molar-refractivity contribution < 1.29 is 14.3 Å². The van der Waals surface area contributed by atoms with Gasteiger partial charge in [-0.1, -0.05) is 17.7 Å². The van der Waals surface area contributed by atoms with Crippen LogP contribution in [0.1, 0.15) is 17.3 Å². The van der Waals surface area contributed by atoms with Crippen molar-refractivity contribution in [3.05, 3.63) is 51.5 Å². The average Bonchev–Trinajstić information content (AvgIpc) is 2.69. The van der Waals surface area contributed by atoms with E-state index in [-0.39, 0.29) is 5.91 Å². The Morgan fingerprint density at radius 1 is 1.19 bits per heavy atom. The minimum Gasteiger partial charge on any atom is -0.493 e. The van der Waals surface area contributed by atoms with Crippen LogP contribution >= 0.6 is 27.5 Å². The van der Waals surface area contributed by atoms with Gasteiger partial charge in [0.15, 0.2) is 11.5 Å². The third kappa shape index (κ3) is 4.50. The molecule has 0 bridgehead atoms. The molecule has 0 atom stereocenters. The van der Waals surface area contributed by atoms with E-state index in [1.807, 2.05) is 36.1 Å². The first kappa shape index (κ1) is 19.8. The first-order chi connectivity index (χ1) is 13.0. The van der Waals surface area contributed by atoms with Gasteiger partial charge in [0, 0.05) is 42.5 Å². The van der Waals surface area contributed by atoms with Crippen LogP contribution in [0.5, 0.6) is 11.5 Å². The number of halogens is 2. The maximum absolute atomic E-state index is 13.0. The van der Waals surface area contributed by atoms with Crippen LogP contribution in [0, 0.1) is 0 Å². The van der Waals surface area contributed by atoms with Crippen molar-refractivity contribution >= 4 is 39.1 Å². The highest BCUT2D eigenvalue weighted by Gasteiger charge is 2.24. The molecule has 0 aromatic heterocycles. The molecule has 0 aliphatic carbocycles. The molecule has 1 aliphatic heterocycles. The first-order valence-electron chi connectivity index (χ1n) is 8.83. The Bertz CT molecular complexity index is 823. The summed E-state index contributed by atoms with van der Waals surface area (Å²) in [4.78, 5) is 17.1. The summed E-state index contributed by atoms with van der Waals surface area (Å²) in [6.07, 6.45) is 0. The molecule has 1 amide bonds. The molecule has 0 N–H and O–H groups in total. The number of rotatable bonds is 5. The van der Waals surface area contributed by atoms with E-state index in [0.29, 0.717) is 41.2 Å². The number of amides is 1. The normalized spacial score (nSPS) is 14.2. The van der Waals surface area contributed by atoms with Gasteiger partial charge in [0.2, 0.25) is 0 Å². The van der Waals surface area contributed by atoms with Gasteiger partial charge in [0.25, 0.3) is 5.91 Å². The lowest BCUT2D eigenvalue weighted by atomic mass is 10.1. The molecule has 5 nitrogen and oxygen atoms in total. The Kier molecular flexibility index (Phi) is 6.50. The maximum Gasteiger partial charge on any atom is 0.254 e. The zero-order valence-electron chi connectivity index (χ0n) is 15.4. The van der Waals surface area contributed by atoms with Crippen LogP contribution < -0.4 is 14.4 Å². The van der Waals surface area contributed by atoms with Crippen molar-refractivity contribution in [3.63, 3.8) is 0 Å². The molecule has 1 fully saturated rings. The molecule has 7 heteroatoms. The number of carbonyl (C=O) groups is 1. The third-order valence-electron chi connectivity index (χ3n) is 4.51. The number of ether oxygens (including phenoxy) is 2. The highest BCUT2D eigenvalue weighted by Crippen LogP contribution is 2.37. The van der Waals surface area contributed by atoms with E-state index in [2.05, 4.69) is 20.8 Å². The summed E-state index contributed by atoms with van der Waals surface area (Å²) in [5, 5.41) is 0.720. The zero-order valence-corrected chi connectivity index (χ0v) is 17.7. The number of hydrogen-bond acceptors (Lipinski definition) is 4. The number of anilines is 1. The monoisotopic (exact) mass is 452 g/mol. The maximum atomic E-state index is 13.0. The Labute approximate surface area is 172 Å². The van der Waals surface area contributed by atoms with Crippen LogP contribution in [0.4, 0.5) is 5.69 Å². The lowest BCUT2D eigenvalue weighted by Crippen LogP contribution is -2.48. The molecule has 3 rings (SSSR count). The molecule has 0 saturated carbocycles. The topological polar surface area (TPSA) is 42.0 Å². The van der Waals surface area contributed by atoms with Crippen LogP contribution in [0.25, 0.3) is 0 Å². The van der Waals surface area contributed by atoms with Gasteiger partial charge < -0.3 is 19.3 Å².